The Kier molecular flexibility index (Phi) is 20.9. The molecule has 0 amide bonds. The third-order valence-electron chi connectivity index (χ3n) is 8.22. The van der Waals surface area contributed by atoms with Gasteiger partial charge in [0.15, 0.2) is 16.6 Å². The number of hydrogen-bond acceptors (Lipinski definition) is 3. The van der Waals surface area contributed by atoms with E-state index in [0.29, 0.717) is 0 Å². The van der Waals surface area contributed by atoms with Gasteiger partial charge in [-0.05, 0) is 38.3 Å². The van der Waals surface area contributed by atoms with Crippen molar-refractivity contribution >= 4 is 16.6 Å². The van der Waals surface area contributed by atoms with Gasteiger partial charge in [-0.25, -0.2) is 0 Å². The first kappa shape index (κ1) is 70.5. The smallest absolute Gasteiger partial charge is 0.432 e. The van der Waals surface area contributed by atoms with E-state index in [1.54, 1.807) is 0 Å². The summed E-state index contributed by atoms with van der Waals surface area (Å²) in [5, 5.41) is 7.00. The van der Waals surface area contributed by atoms with Crippen LogP contribution in [-0.4, -0.2) is 142 Å². The molecular weight excluding hydrogens is 1080 g/mol. The Morgan fingerprint density at radius 1 is 0.318 bits per heavy atom. The topological polar surface area (TPSA) is 81.2 Å². The van der Waals surface area contributed by atoms with Gasteiger partial charge >= 0.3 is 95.3 Å². The molecule has 0 aliphatic carbocycles. The number of alkyl halides is 34. The summed E-state index contributed by atoms with van der Waals surface area (Å²) in [4.78, 5) is 9.23. The first-order valence-corrected chi connectivity index (χ1v) is 21.9. The van der Waals surface area contributed by atoms with Crippen LogP contribution in [0.25, 0.3) is 0 Å². The second-order valence-corrected chi connectivity index (χ2v) is 22.6. The minimum absolute atomic E-state index is 0. The van der Waals surface area contributed by atoms with Gasteiger partial charge < -0.3 is 19.8 Å². The number of aliphatic hydroxyl groups is 1. The number of rotatable bonds is 19. The lowest BCUT2D eigenvalue weighted by Gasteiger charge is -2.43. The van der Waals surface area contributed by atoms with Gasteiger partial charge in [-0.1, -0.05) is 0 Å². The predicted octanol–water partition coefficient (Wildman–Crippen LogP) is 12.6. The van der Waals surface area contributed by atoms with Crippen LogP contribution in [0, 0.1) is 0 Å². The molecule has 404 valence electrons. The third-order valence-corrected chi connectivity index (χ3v) is 12.3. The zero-order valence-electron chi connectivity index (χ0n) is 32.5. The van der Waals surface area contributed by atoms with E-state index >= 15 is 0 Å². The highest BCUT2D eigenvalue weighted by atomic mass is 28.4. The molecule has 40 heteroatoms. The minimum Gasteiger partial charge on any atom is -0.432 e. The molecule has 0 aliphatic rings. The Morgan fingerprint density at radius 3 is 0.652 bits per heavy atom. The summed E-state index contributed by atoms with van der Waals surface area (Å²) in [6.45, 7) is 3.56. The summed E-state index contributed by atoms with van der Waals surface area (Å²) in [7, 11) is -5.27. The number of hydrogen-bond donors (Lipinski definition) is 2. The molecule has 0 bridgehead atoms. The van der Waals surface area contributed by atoms with Gasteiger partial charge in [0.2, 0.25) is 0 Å². The Labute approximate surface area is 347 Å². The Morgan fingerprint density at radius 2 is 0.485 bits per heavy atom. The van der Waals surface area contributed by atoms with Crippen LogP contribution < -0.4 is 0 Å². The molecule has 4 N–H and O–H groups in total. The van der Waals surface area contributed by atoms with Crippen LogP contribution in [0.15, 0.2) is 0 Å². The molecule has 0 rings (SSSR count). The van der Waals surface area contributed by atoms with Crippen LogP contribution in [0.3, 0.4) is 0 Å². The quantitative estimate of drug-likeness (QED) is 0.0999. The summed E-state index contributed by atoms with van der Waals surface area (Å²) in [5.41, 5.74) is 0. The first-order valence-electron chi connectivity index (χ1n) is 15.6. The first-order chi connectivity index (χ1) is 27.5. The second-order valence-electron chi connectivity index (χ2n) is 14.1. The van der Waals surface area contributed by atoms with Crippen molar-refractivity contribution in [3.63, 3.8) is 0 Å². The fourth-order valence-corrected chi connectivity index (χ4v) is 5.78. The van der Waals surface area contributed by atoms with Crippen LogP contribution in [-0.2, 0) is 4.43 Å². The van der Waals surface area contributed by atoms with E-state index < -0.39 is 137 Å². The van der Waals surface area contributed by atoms with Crippen molar-refractivity contribution in [2.24, 2.45) is 0 Å². The van der Waals surface area contributed by atoms with E-state index in [9.17, 15) is 154 Å². The Balaban J connectivity index is -0.000000553. The fourth-order valence-electron chi connectivity index (χ4n) is 3.73. The van der Waals surface area contributed by atoms with Crippen LogP contribution in [0.5, 0.6) is 0 Å². The molecule has 0 aromatic rings. The van der Waals surface area contributed by atoms with E-state index in [0.717, 1.165) is 40.4 Å². The molecule has 0 saturated heterocycles. The van der Waals surface area contributed by atoms with Crippen LogP contribution in [0.4, 0.5) is 149 Å². The molecule has 0 aromatic carbocycles. The Hall–Kier alpha value is -2.11. The molecule has 4 nitrogen and oxygen atoms in total. The lowest BCUT2D eigenvalue weighted by atomic mass is 9.88. The van der Waals surface area contributed by atoms with Crippen molar-refractivity contribution in [2.75, 3.05) is 14.2 Å². The summed E-state index contributed by atoms with van der Waals surface area (Å²) in [5.74, 6) is -112. The van der Waals surface area contributed by atoms with Crippen molar-refractivity contribution in [1.82, 2.24) is 0 Å². The van der Waals surface area contributed by atoms with Crippen molar-refractivity contribution in [2.45, 2.75) is 146 Å². The van der Waals surface area contributed by atoms with E-state index in [4.69, 9.17) is 5.11 Å². The molecule has 0 radical (unpaired) electrons. The van der Waals surface area contributed by atoms with Crippen LogP contribution >= 0.6 is 0 Å². The molecule has 0 spiro atoms. The molecule has 0 unspecified atom stereocenters. The second kappa shape index (κ2) is 19.6. The molecule has 0 fully saturated rings. The normalized spacial score (nSPS) is 15.9. The summed E-state index contributed by atoms with van der Waals surface area (Å²) in [6.07, 6.45) is -20.6. The standard InChI is InChI=1S/C13H13F17OSi.C12H11F17OSi.CH4O.H2O/c1-31-32(2,3)5-4-6(14,15)7(16,17)8(18,19)9(20,21)10(22,23)11(24,25)12(26,27)13(28,29)30;1-31(2,30)4-3-5(13,14)6(15,16)7(17,18)8(19,20)9(21,22)10(23,24)11(25,26)12(27,28)29;1-2;/h4-5H2,1-3H3;30H,3-4H2,1-2H3;2H,1H3;1H2. The molecule has 0 aliphatic heterocycles. The monoisotopic (exact) mass is 1110 g/mol. The molecule has 0 aromatic heterocycles. The molecule has 66 heavy (non-hydrogen) atoms. The highest BCUT2D eigenvalue weighted by molar-refractivity contribution is 6.71. The van der Waals surface area contributed by atoms with E-state index in [2.05, 4.69) is 4.43 Å². The van der Waals surface area contributed by atoms with Gasteiger partial charge in [-0.2, -0.15) is 149 Å². The predicted molar refractivity (Wildman–Crippen MR) is 156 cm³/mol. The van der Waals surface area contributed by atoms with E-state index in [1.165, 1.54) is 0 Å². The van der Waals surface area contributed by atoms with E-state index in [1.807, 2.05) is 0 Å². The minimum atomic E-state index is -8.62. The summed E-state index contributed by atoms with van der Waals surface area (Å²) < 4.78 is 448. The average Bonchev–Trinajstić information content (AvgIpc) is 3.08. The maximum Gasteiger partial charge on any atom is 0.460 e. The zero-order valence-corrected chi connectivity index (χ0v) is 34.5. The highest BCUT2D eigenvalue weighted by Crippen LogP contribution is 2.66. The zero-order chi connectivity index (χ0) is 54.5. The summed E-state index contributed by atoms with van der Waals surface area (Å²) in [6, 6.07) is -2.65. The van der Waals surface area contributed by atoms with Crippen LogP contribution in [0.1, 0.15) is 12.8 Å². The van der Waals surface area contributed by atoms with Gasteiger partial charge in [-0.3, -0.25) is 0 Å². The maximum atomic E-state index is 13.6. The van der Waals surface area contributed by atoms with Gasteiger partial charge in [0.05, 0.1) is 0 Å². The van der Waals surface area contributed by atoms with Gasteiger partial charge in [0, 0.05) is 27.1 Å². The molecule has 0 heterocycles. The lowest BCUT2D eigenvalue weighted by Crippen LogP contribution is -2.74. The van der Waals surface area contributed by atoms with Crippen molar-refractivity contribution in [3.05, 3.63) is 0 Å². The maximum absolute atomic E-state index is 13.6. The average molecular weight is 1110 g/mol. The molecular formula is C26H30F34O4Si2. The number of halogens is 34. The Bertz CT molecular complexity index is 1550. The number of aliphatic hydroxyl groups excluding tert-OH is 1. The van der Waals surface area contributed by atoms with Crippen molar-refractivity contribution in [1.29, 1.82) is 0 Å². The van der Waals surface area contributed by atoms with Gasteiger partial charge in [0.1, 0.15) is 0 Å². The highest BCUT2D eigenvalue weighted by Gasteiger charge is 2.97. The van der Waals surface area contributed by atoms with Crippen molar-refractivity contribution < 1.29 is 169 Å². The fraction of sp³-hybridized carbons (Fsp3) is 1.00. The van der Waals surface area contributed by atoms with Gasteiger partial charge in [-0.15, -0.1) is 0 Å². The SMILES string of the molecule is CO.CO[Si](C)(C)CCC(F)(F)C(F)(F)C(F)(F)C(F)(F)C(F)(F)C(F)(F)C(F)(F)C(F)(F)F.C[Si](C)(O)CCC(F)(F)C(F)(F)C(F)(F)C(F)(F)C(F)(F)C(F)(F)C(F)(F)C(F)(F)F.O. The van der Waals surface area contributed by atoms with Crippen molar-refractivity contribution in [3.8, 4) is 0 Å². The summed E-state index contributed by atoms with van der Waals surface area (Å²) >= 11 is 0. The lowest BCUT2D eigenvalue weighted by molar-refractivity contribution is -0.461. The molecule has 0 saturated carbocycles. The third kappa shape index (κ3) is 11.6. The molecule has 0 atom stereocenters. The largest absolute Gasteiger partial charge is 0.460 e. The van der Waals surface area contributed by atoms with Crippen LogP contribution in [0.2, 0.25) is 38.3 Å². The van der Waals surface area contributed by atoms with Gasteiger partial charge in [0.25, 0.3) is 0 Å². The van der Waals surface area contributed by atoms with E-state index in [-0.39, 0.29) is 5.48 Å².